The lowest BCUT2D eigenvalue weighted by Crippen LogP contribution is -2.43. The monoisotopic (exact) mass is 164 g/mol. The van der Waals surface area contributed by atoms with E-state index in [-0.39, 0.29) is 5.41 Å². The largest absolute Gasteiger partial charge is 0.508 e. The molecule has 0 unspecified atom stereocenters. The van der Waals surface area contributed by atoms with Crippen molar-refractivity contribution < 1.29 is 9.84 Å². The van der Waals surface area contributed by atoms with Crippen molar-refractivity contribution in [3.63, 3.8) is 0 Å². The summed E-state index contributed by atoms with van der Waals surface area (Å²) in [4.78, 5) is 0. The van der Waals surface area contributed by atoms with Gasteiger partial charge in [-0.3, -0.25) is 0 Å². The van der Waals surface area contributed by atoms with E-state index in [1.165, 1.54) is 0 Å². The van der Waals surface area contributed by atoms with Crippen LogP contribution in [0.3, 0.4) is 0 Å². The molecular weight excluding hydrogens is 152 g/mol. The molecule has 2 nitrogen and oxygen atoms in total. The van der Waals surface area contributed by atoms with Gasteiger partial charge in [-0.05, 0) is 17.7 Å². The molecule has 2 rings (SSSR count). The predicted molar refractivity (Wildman–Crippen MR) is 46.3 cm³/mol. The normalized spacial score (nSPS) is 20.1. The molecule has 12 heavy (non-hydrogen) atoms. The van der Waals surface area contributed by atoms with Gasteiger partial charge in [0.1, 0.15) is 5.75 Å². The predicted octanol–water partition coefficient (Wildman–Crippen LogP) is 1.68. The van der Waals surface area contributed by atoms with Crippen LogP contribution in [0.4, 0.5) is 0 Å². The summed E-state index contributed by atoms with van der Waals surface area (Å²) in [7, 11) is 0. The Morgan fingerprint density at radius 2 is 2.17 bits per heavy atom. The minimum absolute atomic E-state index is 0.124. The van der Waals surface area contributed by atoms with E-state index >= 15 is 0 Å². The summed E-state index contributed by atoms with van der Waals surface area (Å²) < 4.78 is 5.15. The van der Waals surface area contributed by atoms with Crippen molar-refractivity contribution in [1.82, 2.24) is 0 Å². The molecule has 2 heteroatoms. The van der Waals surface area contributed by atoms with Crippen LogP contribution in [0.2, 0.25) is 0 Å². The van der Waals surface area contributed by atoms with E-state index in [2.05, 4.69) is 6.92 Å². The van der Waals surface area contributed by atoms with Gasteiger partial charge in [-0.2, -0.15) is 0 Å². The molecule has 64 valence electrons. The number of rotatable bonds is 1. The van der Waals surface area contributed by atoms with Crippen molar-refractivity contribution in [2.24, 2.45) is 0 Å². The summed E-state index contributed by atoms with van der Waals surface area (Å²) in [6, 6.07) is 7.39. The molecule has 1 aliphatic rings. The van der Waals surface area contributed by atoms with Crippen LogP contribution in [0, 0.1) is 0 Å². The summed E-state index contributed by atoms with van der Waals surface area (Å²) in [6.07, 6.45) is 0. The molecule has 0 aliphatic carbocycles. The van der Waals surface area contributed by atoms with Gasteiger partial charge in [0, 0.05) is 5.41 Å². The molecule has 1 fully saturated rings. The summed E-state index contributed by atoms with van der Waals surface area (Å²) in [5.74, 6) is 0.334. The van der Waals surface area contributed by atoms with Gasteiger partial charge >= 0.3 is 0 Å². The molecule has 1 aliphatic heterocycles. The number of hydrogen-bond donors (Lipinski definition) is 1. The van der Waals surface area contributed by atoms with E-state index in [1.54, 1.807) is 6.07 Å². The highest BCUT2D eigenvalue weighted by molar-refractivity contribution is 5.33. The Bertz CT molecular complexity index is 290. The van der Waals surface area contributed by atoms with Crippen LogP contribution in [-0.4, -0.2) is 18.3 Å². The molecule has 0 radical (unpaired) electrons. The van der Waals surface area contributed by atoms with E-state index in [4.69, 9.17) is 4.74 Å². The maximum Gasteiger partial charge on any atom is 0.115 e. The molecule has 0 bridgehead atoms. The van der Waals surface area contributed by atoms with Crippen molar-refractivity contribution >= 4 is 0 Å². The molecule has 0 atom stereocenters. The summed E-state index contributed by atoms with van der Waals surface area (Å²) in [5, 5.41) is 9.26. The fourth-order valence-electron chi connectivity index (χ4n) is 1.46. The van der Waals surface area contributed by atoms with Crippen molar-refractivity contribution in [2.45, 2.75) is 12.3 Å². The van der Waals surface area contributed by atoms with Crippen LogP contribution in [0.1, 0.15) is 12.5 Å². The number of aromatic hydroxyl groups is 1. The molecule has 1 heterocycles. The number of ether oxygens (including phenoxy) is 1. The average Bonchev–Trinajstić information content (AvgIpc) is 2.00. The van der Waals surface area contributed by atoms with Crippen LogP contribution >= 0.6 is 0 Å². The van der Waals surface area contributed by atoms with Crippen molar-refractivity contribution in [2.75, 3.05) is 13.2 Å². The van der Waals surface area contributed by atoms with Gasteiger partial charge in [0.25, 0.3) is 0 Å². The molecule has 0 saturated carbocycles. The molecular formula is C10H12O2. The molecule has 1 N–H and O–H groups in total. The van der Waals surface area contributed by atoms with Gasteiger partial charge in [0.2, 0.25) is 0 Å². The van der Waals surface area contributed by atoms with Gasteiger partial charge < -0.3 is 9.84 Å². The van der Waals surface area contributed by atoms with E-state index in [1.807, 2.05) is 18.2 Å². The first-order chi connectivity index (χ1) is 5.71. The fraction of sp³-hybridized carbons (Fsp3) is 0.400. The third-order valence-electron chi connectivity index (χ3n) is 2.38. The fourth-order valence-corrected chi connectivity index (χ4v) is 1.46. The third kappa shape index (κ3) is 1.08. The Kier molecular flexibility index (Phi) is 1.58. The maximum atomic E-state index is 9.26. The number of phenolic OH excluding ortho intramolecular Hbond substituents is 1. The second kappa shape index (κ2) is 2.49. The van der Waals surface area contributed by atoms with E-state index in [0.29, 0.717) is 5.75 Å². The number of hydrogen-bond acceptors (Lipinski definition) is 2. The van der Waals surface area contributed by atoms with Crippen molar-refractivity contribution in [3.8, 4) is 5.75 Å². The lowest BCUT2D eigenvalue weighted by atomic mass is 9.81. The Balaban J connectivity index is 2.33. The second-order valence-corrected chi connectivity index (χ2v) is 3.60. The Hall–Kier alpha value is -1.02. The maximum absolute atomic E-state index is 9.26. The van der Waals surface area contributed by atoms with Crippen LogP contribution < -0.4 is 0 Å². The van der Waals surface area contributed by atoms with Gasteiger partial charge in [0.15, 0.2) is 0 Å². The van der Waals surface area contributed by atoms with E-state index in [9.17, 15) is 5.11 Å². The standard InChI is InChI=1S/C10H12O2/c1-10(6-12-7-10)8-3-2-4-9(11)5-8/h2-5,11H,6-7H2,1H3. The van der Waals surface area contributed by atoms with E-state index in [0.717, 1.165) is 18.8 Å². The van der Waals surface area contributed by atoms with Gasteiger partial charge in [-0.25, -0.2) is 0 Å². The van der Waals surface area contributed by atoms with Crippen LogP contribution in [0.15, 0.2) is 24.3 Å². The first-order valence-corrected chi connectivity index (χ1v) is 4.08. The zero-order chi connectivity index (χ0) is 8.60. The first kappa shape index (κ1) is 7.62. The minimum Gasteiger partial charge on any atom is -0.508 e. The first-order valence-electron chi connectivity index (χ1n) is 4.08. The second-order valence-electron chi connectivity index (χ2n) is 3.60. The molecule has 0 spiro atoms. The van der Waals surface area contributed by atoms with Crippen molar-refractivity contribution in [3.05, 3.63) is 29.8 Å². The van der Waals surface area contributed by atoms with Crippen LogP contribution in [0.25, 0.3) is 0 Å². The SMILES string of the molecule is CC1(c2cccc(O)c2)COC1. The molecule has 0 amide bonds. The quantitative estimate of drug-likeness (QED) is 0.684. The molecule has 1 aromatic rings. The highest BCUT2D eigenvalue weighted by atomic mass is 16.5. The highest BCUT2D eigenvalue weighted by Crippen LogP contribution is 2.32. The minimum atomic E-state index is 0.124. The lowest BCUT2D eigenvalue weighted by Gasteiger charge is -2.38. The Morgan fingerprint density at radius 3 is 2.67 bits per heavy atom. The summed E-state index contributed by atoms with van der Waals surface area (Å²) in [6.45, 7) is 3.66. The zero-order valence-corrected chi connectivity index (χ0v) is 7.08. The van der Waals surface area contributed by atoms with Crippen LogP contribution in [0.5, 0.6) is 5.75 Å². The summed E-state index contributed by atoms with van der Waals surface area (Å²) >= 11 is 0. The smallest absolute Gasteiger partial charge is 0.115 e. The third-order valence-corrected chi connectivity index (χ3v) is 2.38. The summed E-state index contributed by atoms with van der Waals surface area (Å²) in [5.41, 5.74) is 1.28. The van der Waals surface area contributed by atoms with Crippen LogP contribution in [-0.2, 0) is 10.2 Å². The highest BCUT2D eigenvalue weighted by Gasteiger charge is 2.35. The molecule has 0 aromatic heterocycles. The number of phenols is 1. The Morgan fingerprint density at radius 1 is 1.42 bits per heavy atom. The zero-order valence-electron chi connectivity index (χ0n) is 7.08. The van der Waals surface area contributed by atoms with Crippen molar-refractivity contribution in [1.29, 1.82) is 0 Å². The topological polar surface area (TPSA) is 29.5 Å². The number of benzene rings is 1. The van der Waals surface area contributed by atoms with Gasteiger partial charge in [-0.15, -0.1) is 0 Å². The lowest BCUT2D eigenvalue weighted by molar-refractivity contribution is -0.0500. The van der Waals surface area contributed by atoms with Gasteiger partial charge in [-0.1, -0.05) is 19.1 Å². The van der Waals surface area contributed by atoms with E-state index < -0.39 is 0 Å². The Labute approximate surface area is 71.8 Å². The molecule has 1 saturated heterocycles. The van der Waals surface area contributed by atoms with Gasteiger partial charge in [0.05, 0.1) is 13.2 Å². The molecule has 1 aromatic carbocycles. The average molecular weight is 164 g/mol.